The van der Waals surface area contributed by atoms with Gasteiger partial charge in [-0.1, -0.05) is 18.2 Å². The number of hydrogen-bond acceptors (Lipinski definition) is 4. The first-order valence-corrected chi connectivity index (χ1v) is 5.36. The van der Waals surface area contributed by atoms with Crippen molar-refractivity contribution in [2.45, 2.75) is 18.4 Å². The van der Waals surface area contributed by atoms with Crippen LogP contribution in [0.1, 0.15) is 17.9 Å². The number of primary amides is 1. The summed E-state index contributed by atoms with van der Waals surface area (Å²) >= 11 is 0. The number of esters is 1. The number of carbonyl (C=O) groups excluding carboxylic acids is 2. The van der Waals surface area contributed by atoms with E-state index in [0.29, 0.717) is 6.42 Å². The highest BCUT2D eigenvalue weighted by Gasteiger charge is 2.34. The number of para-hydroxylation sites is 1. The van der Waals surface area contributed by atoms with Gasteiger partial charge in [-0.15, -0.1) is 0 Å². The minimum absolute atomic E-state index is 0.332. The van der Waals surface area contributed by atoms with Gasteiger partial charge in [-0.2, -0.15) is 0 Å². The zero-order chi connectivity index (χ0) is 12.4. The maximum atomic E-state index is 11.7. The maximum absolute atomic E-state index is 11.7. The first-order chi connectivity index (χ1) is 8.13. The Kier molecular flexibility index (Phi) is 2.99. The fourth-order valence-electron chi connectivity index (χ4n) is 2.09. The van der Waals surface area contributed by atoms with Crippen molar-refractivity contribution in [2.75, 3.05) is 12.4 Å². The number of carbonyl (C=O) groups is 2. The Morgan fingerprint density at radius 3 is 2.76 bits per heavy atom. The number of amides is 1. The molecular formula is C12H14N2O3. The third-order valence-corrected chi connectivity index (χ3v) is 2.97. The predicted molar refractivity (Wildman–Crippen MR) is 62.4 cm³/mol. The number of hydrogen-bond donors (Lipinski definition) is 2. The largest absolute Gasteiger partial charge is 0.469 e. The number of nitrogens with two attached hydrogens (primary N) is 1. The number of methoxy groups -OCH3 is 1. The summed E-state index contributed by atoms with van der Waals surface area (Å²) in [5.74, 6) is -1.24. The lowest BCUT2D eigenvalue weighted by molar-refractivity contribution is -0.142. The Labute approximate surface area is 98.9 Å². The van der Waals surface area contributed by atoms with Crippen molar-refractivity contribution in [3.05, 3.63) is 29.8 Å². The fourth-order valence-corrected chi connectivity index (χ4v) is 2.09. The van der Waals surface area contributed by atoms with Gasteiger partial charge in [-0.25, -0.2) is 0 Å². The molecule has 5 heteroatoms. The molecule has 0 radical (unpaired) electrons. The Bertz CT molecular complexity index is 459. The van der Waals surface area contributed by atoms with E-state index in [2.05, 4.69) is 5.32 Å². The zero-order valence-electron chi connectivity index (χ0n) is 9.47. The van der Waals surface area contributed by atoms with Crippen LogP contribution in [-0.2, 0) is 14.3 Å². The summed E-state index contributed by atoms with van der Waals surface area (Å²) in [6.45, 7) is 0. The van der Waals surface area contributed by atoms with Gasteiger partial charge in [0.15, 0.2) is 0 Å². The molecule has 1 aliphatic heterocycles. The normalized spacial score (nSPS) is 22.2. The van der Waals surface area contributed by atoms with Gasteiger partial charge in [0.1, 0.15) is 6.04 Å². The van der Waals surface area contributed by atoms with Crippen molar-refractivity contribution in [1.82, 2.24) is 0 Å². The summed E-state index contributed by atoms with van der Waals surface area (Å²) in [7, 11) is 1.34. The highest BCUT2D eigenvalue weighted by atomic mass is 16.5. The summed E-state index contributed by atoms with van der Waals surface area (Å²) < 4.78 is 4.76. The third-order valence-electron chi connectivity index (χ3n) is 2.97. The lowest BCUT2D eigenvalue weighted by Gasteiger charge is -2.29. The lowest BCUT2D eigenvalue weighted by Crippen LogP contribution is -2.41. The number of benzene rings is 1. The van der Waals surface area contributed by atoms with Gasteiger partial charge in [0.2, 0.25) is 5.91 Å². The van der Waals surface area contributed by atoms with Gasteiger partial charge < -0.3 is 15.8 Å². The number of ether oxygens (including phenoxy) is 1. The Hall–Kier alpha value is -2.04. The molecule has 5 nitrogen and oxygen atoms in total. The second kappa shape index (κ2) is 4.45. The van der Waals surface area contributed by atoms with Crippen LogP contribution in [0.15, 0.2) is 24.3 Å². The smallest absolute Gasteiger partial charge is 0.313 e. The summed E-state index contributed by atoms with van der Waals surface area (Å²) in [6, 6.07) is 6.82. The first kappa shape index (κ1) is 11.4. The van der Waals surface area contributed by atoms with Crippen LogP contribution >= 0.6 is 0 Å². The van der Waals surface area contributed by atoms with Crippen LogP contribution in [-0.4, -0.2) is 25.0 Å². The molecule has 3 N–H and O–H groups in total. The first-order valence-electron chi connectivity index (χ1n) is 5.36. The highest BCUT2D eigenvalue weighted by Crippen LogP contribution is 2.34. The second-order valence-electron chi connectivity index (χ2n) is 4.00. The molecule has 1 heterocycles. The molecule has 2 atom stereocenters. The van der Waals surface area contributed by atoms with Crippen LogP contribution < -0.4 is 11.1 Å². The Morgan fingerprint density at radius 2 is 2.12 bits per heavy atom. The van der Waals surface area contributed by atoms with Crippen molar-refractivity contribution >= 4 is 17.6 Å². The fraction of sp³-hybridized carbons (Fsp3) is 0.333. The van der Waals surface area contributed by atoms with Crippen LogP contribution in [0.3, 0.4) is 0 Å². The SMILES string of the molecule is COC(=O)C1CC(C(N)=O)Nc2ccccc21. The maximum Gasteiger partial charge on any atom is 0.313 e. The van der Waals surface area contributed by atoms with Gasteiger partial charge >= 0.3 is 5.97 Å². The van der Waals surface area contributed by atoms with Crippen molar-refractivity contribution in [3.63, 3.8) is 0 Å². The molecular weight excluding hydrogens is 220 g/mol. The molecule has 17 heavy (non-hydrogen) atoms. The van der Waals surface area contributed by atoms with Gasteiger partial charge in [-0.05, 0) is 18.1 Å². The van der Waals surface area contributed by atoms with Crippen LogP contribution in [0, 0.1) is 0 Å². The molecule has 0 fully saturated rings. The van der Waals surface area contributed by atoms with E-state index in [0.717, 1.165) is 11.3 Å². The van der Waals surface area contributed by atoms with Crippen LogP contribution in [0.5, 0.6) is 0 Å². The number of rotatable bonds is 2. The topological polar surface area (TPSA) is 81.4 Å². The number of fused-ring (bicyclic) bond motifs is 1. The molecule has 0 saturated heterocycles. The lowest BCUT2D eigenvalue weighted by atomic mass is 9.87. The molecule has 0 saturated carbocycles. The average molecular weight is 234 g/mol. The summed E-state index contributed by atoms with van der Waals surface area (Å²) in [5.41, 5.74) is 6.88. The molecule has 1 aliphatic rings. The van der Waals surface area contributed by atoms with Crippen LogP contribution in [0.2, 0.25) is 0 Å². The van der Waals surface area contributed by atoms with E-state index in [1.807, 2.05) is 24.3 Å². The van der Waals surface area contributed by atoms with Crippen molar-refractivity contribution < 1.29 is 14.3 Å². The molecule has 1 aromatic carbocycles. The van der Waals surface area contributed by atoms with E-state index in [4.69, 9.17) is 10.5 Å². The van der Waals surface area contributed by atoms with E-state index in [9.17, 15) is 9.59 Å². The summed E-state index contributed by atoms with van der Waals surface area (Å²) in [6.07, 6.45) is 0.332. The van der Waals surface area contributed by atoms with Crippen molar-refractivity contribution in [3.8, 4) is 0 Å². The third kappa shape index (κ3) is 2.08. The molecule has 1 amide bonds. The van der Waals surface area contributed by atoms with E-state index in [1.54, 1.807) is 0 Å². The minimum Gasteiger partial charge on any atom is -0.469 e. The second-order valence-corrected chi connectivity index (χ2v) is 4.00. The van der Waals surface area contributed by atoms with Gasteiger partial charge in [0.25, 0.3) is 0 Å². The van der Waals surface area contributed by atoms with Crippen molar-refractivity contribution in [2.24, 2.45) is 5.73 Å². The van der Waals surface area contributed by atoms with E-state index in [1.165, 1.54) is 7.11 Å². The van der Waals surface area contributed by atoms with E-state index >= 15 is 0 Å². The highest BCUT2D eigenvalue weighted by molar-refractivity contribution is 5.89. The Morgan fingerprint density at radius 1 is 1.41 bits per heavy atom. The molecule has 0 spiro atoms. The quantitative estimate of drug-likeness (QED) is 0.735. The van der Waals surface area contributed by atoms with Gasteiger partial charge in [0.05, 0.1) is 13.0 Å². The van der Waals surface area contributed by atoms with Crippen molar-refractivity contribution in [1.29, 1.82) is 0 Å². The monoisotopic (exact) mass is 234 g/mol. The zero-order valence-corrected chi connectivity index (χ0v) is 9.47. The summed E-state index contributed by atoms with van der Waals surface area (Å²) in [4.78, 5) is 22.9. The minimum atomic E-state index is -0.533. The van der Waals surface area contributed by atoms with E-state index < -0.39 is 17.9 Å². The standard InChI is InChI=1S/C12H14N2O3/c1-17-12(16)8-6-10(11(13)15)14-9-5-3-2-4-7(8)9/h2-5,8,10,14H,6H2,1H3,(H2,13,15). The molecule has 2 unspecified atom stereocenters. The molecule has 90 valence electrons. The molecule has 0 aromatic heterocycles. The average Bonchev–Trinajstić information content (AvgIpc) is 2.36. The Balaban J connectivity index is 2.39. The molecule has 0 aliphatic carbocycles. The van der Waals surface area contributed by atoms with Gasteiger partial charge in [-0.3, -0.25) is 9.59 Å². The van der Waals surface area contributed by atoms with Crippen LogP contribution in [0.4, 0.5) is 5.69 Å². The van der Waals surface area contributed by atoms with Crippen LogP contribution in [0.25, 0.3) is 0 Å². The number of anilines is 1. The molecule has 2 rings (SSSR count). The summed E-state index contributed by atoms with van der Waals surface area (Å²) in [5, 5.41) is 3.02. The predicted octanol–water partition coefficient (Wildman–Crippen LogP) is 0.613. The molecule has 1 aromatic rings. The molecule has 0 bridgehead atoms. The number of nitrogens with one attached hydrogen (secondary N) is 1. The van der Waals surface area contributed by atoms with Gasteiger partial charge in [0, 0.05) is 5.69 Å². The van der Waals surface area contributed by atoms with E-state index in [-0.39, 0.29) is 5.97 Å².